The molecule has 0 aromatic rings. The third kappa shape index (κ3) is 1.96. The average molecular weight is 347 g/mol. The summed E-state index contributed by atoms with van der Waals surface area (Å²) in [6.07, 6.45) is 0.970. The van der Waals surface area contributed by atoms with E-state index in [9.17, 15) is 24.3 Å². The van der Waals surface area contributed by atoms with Gasteiger partial charge >= 0.3 is 5.97 Å². The minimum Gasteiger partial charge on any atom is -0.480 e. The van der Waals surface area contributed by atoms with Crippen molar-refractivity contribution in [3.05, 3.63) is 0 Å². The molecule has 4 atom stereocenters. The zero-order valence-corrected chi connectivity index (χ0v) is 13.4. The van der Waals surface area contributed by atoms with E-state index < -0.39 is 34.1 Å². The van der Waals surface area contributed by atoms with Gasteiger partial charge in [0.15, 0.2) is 0 Å². The monoisotopic (exact) mass is 346 g/mol. The van der Waals surface area contributed by atoms with Crippen molar-refractivity contribution in [3.8, 4) is 0 Å². The van der Waals surface area contributed by atoms with Gasteiger partial charge in [0.2, 0.25) is 11.8 Å². The van der Waals surface area contributed by atoms with Gasteiger partial charge < -0.3 is 10.0 Å². The maximum atomic E-state index is 12.4. The Balaban J connectivity index is 1.91. The molecule has 3 amide bonds. The highest BCUT2D eigenvalue weighted by atomic mass is 35.5. The first-order valence-electron chi connectivity index (χ1n) is 6.95. The van der Waals surface area contributed by atoms with Gasteiger partial charge in [-0.1, -0.05) is 0 Å². The van der Waals surface area contributed by atoms with Crippen LogP contribution in [0.3, 0.4) is 0 Å². The largest absolute Gasteiger partial charge is 0.480 e. The molecular formula is C13H15ClN2O5S. The highest BCUT2D eigenvalue weighted by molar-refractivity contribution is 8.01. The Morgan fingerprint density at radius 2 is 1.95 bits per heavy atom. The van der Waals surface area contributed by atoms with Crippen LogP contribution in [-0.4, -0.2) is 66.7 Å². The molecule has 3 aliphatic heterocycles. The molecule has 3 aliphatic rings. The van der Waals surface area contributed by atoms with Gasteiger partial charge in [-0.2, -0.15) is 0 Å². The van der Waals surface area contributed by atoms with E-state index in [0.717, 1.165) is 4.90 Å². The molecule has 3 rings (SSSR count). The van der Waals surface area contributed by atoms with Gasteiger partial charge in [0, 0.05) is 18.7 Å². The van der Waals surface area contributed by atoms with Crippen LogP contribution in [0.15, 0.2) is 0 Å². The van der Waals surface area contributed by atoms with Gasteiger partial charge in [-0.25, -0.2) is 4.79 Å². The maximum absolute atomic E-state index is 12.4. The molecule has 9 heteroatoms. The van der Waals surface area contributed by atoms with Crippen molar-refractivity contribution < 1.29 is 24.3 Å². The highest BCUT2D eigenvalue weighted by Crippen LogP contribution is 2.53. The number of fused-ring (bicyclic) bond motifs is 1. The molecule has 3 saturated heterocycles. The average Bonchev–Trinajstić information content (AvgIpc) is 2.73. The van der Waals surface area contributed by atoms with E-state index >= 15 is 0 Å². The molecule has 0 spiro atoms. The third-order valence-electron chi connectivity index (χ3n) is 4.39. The van der Waals surface area contributed by atoms with E-state index in [4.69, 9.17) is 11.6 Å². The minimum atomic E-state index is -1.12. The molecule has 1 N–H and O–H groups in total. The van der Waals surface area contributed by atoms with Crippen LogP contribution in [0.1, 0.15) is 26.2 Å². The van der Waals surface area contributed by atoms with Crippen LogP contribution in [0.2, 0.25) is 0 Å². The summed E-state index contributed by atoms with van der Waals surface area (Å²) in [7, 11) is 0. The number of nitrogens with zero attached hydrogens (tertiary/aromatic N) is 2. The van der Waals surface area contributed by atoms with Crippen LogP contribution in [0, 0.1) is 0 Å². The molecule has 0 aromatic heterocycles. The van der Waals surface area contributed by atoms with Crippen LogP contribution in [-0.2, 0) is 19.2 Å². The number of imide groups is 1. The van der Waals surface area contributed by atoms with E-state index in [2.05, 4.69) is 0 Å². The summed E-state index contributed by atoms with van der Waals surface area (Å²) in [5, 5.41) is 8.88. The molecule has 0 aliphatic carbocycles. The Labute approximate surface area is 135 Å². The van der Waals surface area contributed by atoms with Gasteiger partial charge in [0.25, 0.3) is 5.91 Å². The minimum absolute atomic E-state index is 0.0591. The number of hydrogen-bond acceptors (Lipinski definition) is 5. The summed E-state index contributed by atoms with van der Waals surface area (Å²) in [5.41, 5.74) is 0. The first-order chi connectivity index (χ1) is 10.3. The number of aliphatic carboxylic acids is 1. The second kappa shape index (κ2) is 5.13. The van der Waals surface area contributed by atoms with E-state index in [1.807, 2.05) is 0 Å². The SMILES string of the molecule is C[C@@]1(CCl)S[C@H]2C(N3C(=O)CCCC3=O)C(=O)N2C1C(=O)O. The standard InChI is InChI=1S/C13H15ClN2O5S/c1-13(5-14)9(12(20)21)16-10(19)8(11(16)22-13)15-6(17)3-2-4-7(15)18/h8-9,11H,2-5H2,1H3,(H,20,21)/t8?,9?,11-,13-/m0/s1. The number of hydrogen-bond donors (Lipinski definition) is 1. The number of likely N-dealkylation sites (tertiary alicyclic amines) is 1. The quantitative estimate of drug-likeness (QED) is 0.447. The molecule has 3 heterocycles. The number of rotatable bonds is 3. The maximum Gasteiger partial charge on any atom is 0.327 e. The lowest BCUT2D eigenvalue weighted by molar-refractivity contribution is -0.173. The molecule has 0 aromatic carbocycles. The van der Waals surface area contributed by atoms with Gasteiger partial charge in [0.1, 0.15) is 17.5 Å². The Hall–Kier alpha value is -1.28. The van der Waals surface area contributed by atoms with E-state index in [1.165, 1.54) is 16.7 Å². The number of β-lactam (4-membered cyclic amide) rings is 1. The van der Waals surface area contributed by atoms with E-state index in [1.54, 1.807) is 6.92 Å². The molecule has 0 radical (unpaired) electrons. The first kappa shape index (κ1) is 15.6. The molecule has 0 saturated carbocycles. The predicted octanol–water partition coefficient (Wildman–Crippen LogP) is 0.260. The lowest BCUT2D eigenvalue weighted by Gasteiger charge is -2.48. The second-order valence-electron chi connectivity index (χ2n) is 5.90. The van der Waals surface area contributed by atoms with Gasteiger partial charge in [-0.05, 0) is 13.3 Å². The fourth-order valence-corrected chi connectivity index (χ4v) is 5.30. The fourth-order valence-electron chi connectivity index (χ4n) is 3.30. The van der Waals surface area contributed by atoms with Crippen molar-refractivity contribution in [2.24, 2.45) is 0 Å². The van der Waals surface area contributed by atoms with Gasteiger partial charge in [0.05, 0.1) is 4.75 Å². The summed E-state index contributed by atoms with van der Waals surface area (Å²) in [6.45, 7) is 1.69. The molecule has 2 unspecified atom stereocenters. The van der Waals surface area contributed by atoms with Gasteiger partial charge in [-0.3, -0.25) is 19.3 Å². The summed E-state index contributed by atoms with van der Waals surface area (Å²) in [5.74, 6) is -2.27. The number of thioether (sulfide) groups is 1. The molecular weight excluding hydrogens is 332 g/mol. The first-order valence-corrected chi connectivity index (χ1v) is 8.37. The van der Waals surface area contributed by atoms with Crippen molar-refractivity contribution in [2.75, 3.05) is 5.88 Å². The van der Waals surface area contributed by atoms with Crippen molar-refractivity contribution in [2.45, 2.75) is 48.4 Å². The zero-order chi connectivity index (χ0) is 16.2. The Morgan fingerprint density at radius 3 is 2.45 bits per heavy atom. The number of carbonyl (C=O) groups excluding carboxylic acids is 3. The zero-order valence-electron chi connectivity index (χ0n) is 11.8. The Kier molecular flexibility index (Phi) is 3.64. The second-order valence-corrected chi connectivity index (χ2v) is 7.82. The van der Waals surface area contributed by atoms with Crippen molar-refractivity contribution >= 4 is 47.1 Å². The van der Waals surface area contributed by atoms with Crippen molar-refractivity contribution in [1.29, 1.82) is 0 Å². The van der Waals surface area contributed by atoms with Crippen molar-refractivity contribution in [3.63, 3.8) is 0 Å². The van der Waals surface area contributed by atoms with Gasteiger partial charge in [-0.15, -0.1) is 23.4 Å². The number of piperidine rings is 1. The number of amides is 3. The smallest absolute Gasteiger partial charge is 0.327 e. The van der Waals surface area contributed by atoms with Crippen LogP contribution in [0.25, 0.3) is 0 Å². The van der Waals surface area contributed by atoms with Crippen LogP contribution < -0.4 is 0 Å². The molecule has 7 nitrogen and oxygen atoms in total. The lowest BCUT2D eigenvalue weighted by Crippen LogP contribution is -2.72. The molecule has 120 valence electrons. The Bertz CT molecular complexity index is 569. The number of halogens is 1. The van der Waals surface area contributed by atoms with E-state index in [0.29, 0.717) is 6.42 Å². The Morgan fingerprint density at radius 1 is 1.36 bits per heavy atom. The summed E-state index contributed by atoms with van der Waals surface area (Å²) in [4.78, 5) is 50.2. The molecule has 22 heavy (non-hydrogen) atoms. The third-order valence-corrected chi connectivity index (χ3v) is 6.74. The van der Waals surface area contributed by atoms with Crippen molar-refractivity contribution in [1.82, 2.24) is 9.80 Å². The topological polar surface area (TPSA) is 95.0 Å². The summed E-state index contributed by atoms with van der Waals surface area (Å²) >= 11 is 7.17. The highest BCUT2D eigenvalue weighted by Gasteiger charge is 2.67. The van der Waals surface area contributed by atoms with E-state index in [-0.39, 0.29) is 30.5 Å². The number of carboxylic acids is 1. The number of carboxylic acid groups (broad SMARTS) is 1. The lowest BCUT2D eigenvalue weighted by atomic mass is 9.94. The summed E-state index contributed by atoms with van der Waals surface area (Å²) < 4.78 is -0.843. The predicted molar refractivity (Wildman–Crippen MR) is 78.3 cm³/mol. The summed E-state index contributed by atoms with van der Waals surface area (Å²) in [6, 6.07) is -1.93. The number of alkyl halides is 1. The van der Waals surface area contributed by atoms with Crippen LogP contribution in [0.5, 0.6) is 0 Å². The molecule has 0 bridgehead atoms. The fraction of sp³-hybridized carbons (Fsp3) is 0.692. The molecule has 3 fully saturated rings. The van der Waals surface area contributed by atoms with Crippen LogP contribution in [0.4, 0.5) is 0 Å². The normalized spacial score (nSPS) is 38.1. The number of carbonyl (C=O) groups is 4. The van der Waals surface area contributed by atoms with Crippen LogP contribution >= 0.6 is 23.4 Å².